The Morgan fingerprint density at radius 2 is 2.08 bits per heavy atom. The SMILES string of the molecule is C=CCNC(=NCC(C)c1ccccc1)NCC1CCS(=O)(=O)C1.I. The van der Waals surface area contributed by atoms with Crippen LogP contribution in [-0.4, -0.2) is 45.5 Å². The van der Waals surface area contributed by atoms with Gasteiger partial charge in [-0.15, -0.1) is 30.6 Å². The highest BCUT2D eigenvalue weighted by molar-refractivity contribution is 14.0. The lowest BCUT2D eigenvalue weighted by atomic mass is 10.0. The Bertz CT molecular complexity index is 662. The van der Waals surface area contributed by atoms with Crippen LogP contribution < -0.4 is 10.6 Å². The highest BCUT2D eigenvalue weighted by Gasteiger charge is 2.27. The third-order valence-electron chi connectivity index (χ3n) is 4.19. The van der Waals surface area contributed by atoms with E-state index in [1.165, 1.54) is 5.56 Å². The fourth-order valence-electron chi connectivity index (χ4n) is 2.73. The molecule has 1 fully saturated rings. The molecule has 0 amide bonds. The molecule has 2 rings (SSSR count). The fourth-order valence-corrected chi connectivity index (χ4v) is 4.59. The van der Waals surface area contributed by atoms with Gasteiger partial charge in [-0.3, -0.25) is 4.99 Å². The van der Waals surface area contributed by atoms with Crippen LogP contribution in [0.2, 0.25) is 0 Å². The number of halogens is 1. The second-order valence-electron chi connectivity index (χ2n) is 6.32. The van der Waals surface area contributed by atoms with Gasteiger partial charge in [0.05, 0.1) is 11.5 Å². The molecule has 1 aromatic carbocycles. The normalized spacial score (nSPS) is 20.4. The molecule has 2 N–H and O–H groups in total. The van der Waals surface area contributed by atoms with E-state index in [-0.39, 0.29) is 35.6 Å². The minimum Gasteiger partial charge on any atom is -0.356 e. The summed E-state index contributed by atoms with van der Waals surface area (Å²) in [4.78, 5) is 4.63. The number of rotatable bonds is 7. The summed E-state index contributed by atoms with van der Waals surface area (Å²) in [6.45, 7) is 7.77. The van der Waals surface area contributed by atoms with Crippen molar-refractivity contribution in [2.45, 2.75) is 19.3 Å². The molecule has 2 atom stereocenters. The van der Waals surface area contributed by atoms with Crippen molar-refractivity contribution in [3.8, 4) is 0 Å². The van der Waals surface area contributed by atoms with Gasteiger partial charge >= 0.3 is 0 Å². The van der Waals surface area contributed by atoms with Crippen LogP contribution in [0, 0.1) is 5.92 Å². The minimum atomic E-state index is -2.84. The molecular weight excluding hydrogens is 449 g/mol. The van der Waals surface area contributed by atoms with Crippen molar-refractivity contribution in [2.24, 2.45) is 10.9 Å². The maximum Gasteiger partial charge on any atom is 0.191 e. The molecule has 0 radical (unpaired) electrons. The zero-order valence-corrected chi connectivity index (χ0v) is 17.8. The molecule has 5 nitrogen and oxygen atoms in total. The maximum absolute atomic E-state index is 11.5. The molecule has 1 aromatic rings. The predicted molar refractivity (Wildman–Crippen MR) is 116 cm³/mol. The van der Waals surface area contributed by atoms with E-state index in [2.05, 4.69) is 41.3 Å². The summed E-state index contributed by atoms with van der Waals surface area (Å²) in [7, 11) is -2.84. The predicted octanol–water partition coefficient (Wildman–Crippen LogP) is 2.56. The second-order valence-corrected chi connectivity index (χ2v) is 8.55. The summed E-state index contributed by atoms with van der Waals surface area (Å²) < 4.78 is 23.1. The number of hydrogen-bond acceptors (Lipinski definition) is 3. The van der Waals surface area contributed by atoms with E-state index in [1.807, 2.05) is 18.2 Å². The number of guanidine groups is 1. The summed E-state index contributed by atoms with van der Waals surface area (Å²) in [5.74, 6) is 1.77. The number of nitrogens with one attached hydrogen (secondary N) is 2. The quantitative estimate of drug-likeness (QED) is 0.274. The van der Waals surface area contributed by atoms with Crippen LogP contribution in [0.1, 0.15) is 24.8 Å². The molecule has 1 aliphatic heterocycles. The summed E-state index contributed by atoms with van der Waals surface area (Å²) >= 11 is 0. The van der Waals surface area contributed by atoms with Gasteiger partial charge in [-0.1, -0.05) is 43.3 Å². The summed E-state index contributed by atoms with van der Waals surface area (Å²) in [5.41, 5.74) is 1.26. The molecule has 1 saturated heterocycles. The third-order valence-corrected chi connectivity index (χ3v) is 6.03. The zero-order chi connectivity index (χ0) is 17.4. The average Bonchev–Trinajstić information content (AvgIpc) is 2.93. The van der Waals surface area contributed by atoms with Gasteiger partial charge in [0.15, 0.2) is 15.8 Å². The van der Waals surface area contributed by atoms with Crippen molar-refractivity contribution in [1.82, 2.24) is 10.6 Å². The first-order valence-corrected chi connectivity index (χ1v) is 10.2. The highest BCUT2D eigenvalue weighted by atomic mass is 127. The summed E-state index contributed by atoms with van der Waals surface area (Å²) in [6.07, 6.45) is 2.50. The lowest BCUT2D eigenvalue weighted by Gasteiger charge is -2.16. The van der Waals surface area contributed by atoms with E-state index in [0.717, 1.165) is 6.42 Å². The Kier molecular flexibility index (Phi) is 9.48. The second kappa shape index (κ2) is 10.8. The van der Waals surface area contributed by atoms with Crippen LogP contribution in [0.3, 0.4) is 0 Å². The van der Waals surface area contributed by atoms with Gasteiger partial charge in [0.1, 0.15) is 0 Å². The van der Waals surface area contributed by atoms with Gasteiger partial charge in [-0.25, -0.2) is 8.42 Å². The Labute approximate surface area is 168 Å². The first-order chi connectivity index (χ1) is 11.5. The van der Waals surface area contributed by atoms with Crippen molar-refractivity contribution in [3.63, 3.8) is 0 Å². The van der Waals surface area contributed by atoms with Gasteiger partial charge in [0.25, 0.3) is 0 Å². The Balaban J connectivity index is 0.00000312. The topological polar surface area (TPSA) is 70.6 Å². The smallest absolute Gasteiger partial charge is 0.191 e. The Morgan fingerprint density at radius 3 is 2.68 bits per heavy atom. The molecule has 0 bridgehead atoms. The molecule has 0 spiro atoms. The number of benzene rings is 1. The van der Waals surface area contributed by atoms with Crippen LogP contribution in [0.4, 0.5) is 0 Å². The average molecular weight is 477 g/mol. The van der Waals surface area contributed by atoms with Gasteiger partial charge in [0, 0.05) is 25.6 Å². The lowest BCUT2D eigenvalue weighted by molar-refractivity contribution is 0.567. The highest BCUT2D eigenvalue weighted by Crippen LogP contribution is 2.17. The molecule has 1 heterocycles. The summed E-state index contributed by atoms with van der Waals surface area (Å²) in [5, 5.41) is 6.46. The largest absolute Gasteiger partial charge is 0.356 e. The van der Waals surface area contributed by atoms with Crippen molar-refractivity contribution >= 4 is 39.8 Å². The van der Waals surface area contributed by atoms with Crippen LogP contribution in [0.5, 0.6) is 0 Å². The number of aliphatic imine (C=N–C) groups is 1. The molecule has 2 unspecified atom stereocenters. The van der Waals surface area contributed by atoms with E-state index < -0.39 is 9.84 Å². The van der Waals surface area contributed by atoms with Crippen molar-refractivity contribution in [1.29, 1.82) is 0 Å². The number of hydrogen-bond donors (Lipinski definition) is 2. The van der Waals surface area contributed by atoms with Crippen molar-refractivity contribution in [3.05, 3.63) is 48.6 Å². The first-order valence-electron chi connectivity index (χ1n) is 8.38. The molecule has 0 aliphatic carbocycles. The van der Waals surface area contributed by atoms with Gasteiger partial charge in [-0.2, -0.15) is 0 Å². The van der Waals surface area contributed by atoms with E-state index in [9.17, 15) is 8.42 Å². The molecule has 7 heteroatoms. The van der Waals surface area contributed by atoms with Crippen LogP contribution in [-0.2, 0) is 9.84 Å². The molecule has 1 aliphatic rings. The minimum absolute atomic E-state index is 0. The molecular formula is C18H28IN3O2S. The summed E-state index contributed by atoms with van der Waals surface area (Å²) in [6, 6.07) is 10.3. The molecule has 0 aromatic heterocycles. The van der Waals surface area contributed by atoms with Gasteiger partial charge < -0.3 is 10.6 Å². The van der Waals surface area contributed by atoms with Crippen LogP contribution >= 0.6 is 24.0 Å². The fraction of sp³-hybridized carbons (Fsp3) is 0.500. The monoisotopic (exact) mass is 477 g/mol. The lowest BCUT2D eigenvalue weighted by Crippen LogP contribution is -2.40. The number of nitrogens with zero attached hydrogens (tertiary/aromatic N) is 1. The van der Waals surface area contributed by atoms with Gasteiger partial charge in [-0.05, 0) is 17.9 Å². The van der Waals surface area contributed by atoms with E-state index >= 15 is 0 Å². The van der Waals surface area contributed by atoms with E-state index in [1.54, 1.807) is 6.08 Å². The van der Waals surface area contributed by atoms with Gasteiger partial charge in [0.2, 0.25) is 0 Å². The zero-order valence-electron chi connectivity index (χ0n) is 14.6. The number of sulfone groups is 1. The molecule has 0 saturated carbocycles. The Morgan fingerprint density at radius 1 is 1.36 bits per heavy atom. The Hall–Kier alpha value is -1.09. The van der Waals surface area contributed by atoms with Crippen molar-refractivity contribution in [2.75, 3.05) is 31.1 Å². The first kappa shape index (κ1) is 22.0. The van der Waals surface area contributed by atoms with Crippen LogP contribution in [0.15, 0.2) is 48.0 Å². The third kappa shape index (κ3) is 7.77. The molecule has 25 heavy (non-hydrogen) atoms. The van der Waals surface area contributed by atoms with E-state index in [4.69, 9.17) is 0 Å². The standard InChI is InChI=1S/C18H27N3O2S.HI/c1-3-10-19-18(21-13-16-9-11-24(22,23)14-16)20-12-15(2)17-7-5-4-6-8-17;/h3-8,15-16H,1,9-14H2,2H3,(H2,19,20,21);1H. The molecule has 140 valence electrons. The van der Waals surface area contributed by atoms with Crippen LogP contribution in [0.25, 0.3) is 0 Å². The van der Waals surface area contributed by atoms with Crippen molar-refractivity contribution < 1.29 is 8.42 Å². The maximum atomic E-state index is 11.5. The van der Waals surface area contributed by atoms with E-state index in [0.29, 0.717) is 37.3 Å².